The Morgan fingerprint density at radius 2 is 2.11 bits per heavy atom. The molecule has 0 bridgehead atoms. The summed E-state index contributed by atoms with van der Waals surface area (Å²) >= 11 is 5.97. The van der Waals surface area contributed by atoms with Gasteiger partial charge in [0, 0.05) is 11.6 Å². The Balaban J connectivity index is 2.49. The van der Waals surface area contributed by atoms with Crippen LogP contribution in [0.2, 0.25) is 5.15 Å². The van der Waals surface area contributed by atoms with Gasteiger partial charge in [-0.15, -0.1) is 0 Å². The molecule has 1 aromatic carbocycles. The van der Waals surface area contributed by atoms with E-state index in [4.69, 9.17) is 16.9 Å². The lowest BCUT2D eigenvalue weighted by Gasteiger charge is -2.09. The van der Waals surface area contributed by atoms with Crippen molar-refractivity contribution in [2.75, 3.05) is 0 Å². The SMILES string of the molecule is CC(C#N)NC(=O)c1cnc(Cl)c2ccccc12. The van der Waals surface area contributed by atoms with Gasteiger partial charge >= 0.3 is 0 Å². The number of nitrogens with one attached hydrogen (secondary N) is 1. The third-order valence-corrected chi connectivity index (χ3v) is 2.83. The molecule has 4 nitrogen and oxygen atoms in total. The summed E-state index contributed by atoms with van der Waals surface area (Å²) < 4.78 is 0. The number of pyridine rings is 1. The largest absolute Gasteiger partial charge is 0.336 e. The van der Waals surface area contributed by atoms with Gasteiger partial charge in [0.05, 0.1) is 11.6 Å². The van der Waals surface area contributed by atoms with E-state index in [1.165, 1.54) is 6.20 Å². The van der Waals surface area contributed by atoms with Crippen molar-refractivity contribution in [1.82, 2.24) is 10.3 Å². The molecule has 1 atom stereocenters. The summed E-state index contributed by atoms with van der Waals surface area (Å²) in [5, 5.41) is 13.1. The van der Waals surface area contributed by atoms with Gasteiger partial charge < -0.3 is 5.32 Å². The van der Waals surface area contributed by atoms with Gasteiger partial charge in [0.2, 0.25) is 0 Å². The Bertz CT molecular complexity index is 648. The molecular formula is C13H10ClN3O. The van der Waals surface area contributed by atoms with E-state index in [1.807, 2.05) is 18.2 Å². The van der Waals surface area contributed by atoms with E-state index in [9.17, 15) is 4.79 Å². The maximum absolute atomic E-state index is 12.0. The molecule has 18 heavy (non-hydrogen) atoms. The van der Waals surface area contributed by atoms with E-state index >= 15 is 0 Å². The highest BCUT2D eigenvalue weighted by Crippen LogP contribution is 2.24. The first-order valence-corrected chi connectivity index (χ1v) is 5.75. The number of halogens is 1. The molecule has 1 N–H and O–H groups in total. The number of carbonyl (C=O) groups excluding carboxylic acids is 1. The van der Waals surface area contributed by atoms with Crippen molar-refractivity contribution in [2.45, 2.75) is 13.0 Å². The zero-order valence-corrected chi connectivity index (χ0v) is 10.4. The fourth-order valence-electron chi connectivity index (χ4n) is 1.65. The van der Waals surface area contributed by atoms with Crippen LogP contribution in [-0.2, 0) is 0 Å². The van der Waals surface area contributed by atoms with Crippen LogP contribution in [0, 0.1) is 11.3 Å². The second-order valence-corrected chi connectivity index (χ2v) is 4.19. The first-order valence-electron chi connectivity index (χ1n) is 5.37. The van der Waals surface area contributed by atoms with E-state index < -0.39 is 6.04 Å². The third-order valence-electron chi connectivity index (χ3n) is 2.53. The summed E-state index contributed by atoms with van der Waals surface area (Å²) in [5.41, 5.74) is 0.414. The Kier molecular flexibility index (Phi) is 3.45. The van der Waals surface area contributed by atoms with Crippen LogP contribution in [0.3, 0.4) is 0 Å². The fourth-order valence-corrected chi connectivity index (χ4v) is 1.86. The highest BCUT2D eigenvalue weighted by Gasteiger charge is 2.14. The van der Waals surface area contributed by atoms with Gasteiger partial charge in [0.15, 0.2) is 0 Å². The van der Waals surface area contributed by atoms with Crippen molar-refractivity contribution in [1.29, 1.82) is 5.26 Å². The molecule has 0 spiro atoms. The van der Waals surface area contributed by atoms with Gasteiger partial charge in [0.25, 0.3) is 5.91 Å². The van der Waals surface area contributed by atoms with Crippen molar-refractivity contribution in [3.63, 3.8) is 0 Å². The quantitative estimate of drug-likeness (QED) is 0.843. The summed E-state index contributed by atoms with van der Waals surface area (Å²) in [6.45, 7) is 1.61. The highest BCUT2D eigenvalue weighted by atomic mass is 35.5. The van der Waals surface area contributed by atoms with Gasteiger partial charge in [0.1, 0.15) is 11.2 Å². The van der Waals surface area contributed by atoms with Crippen LogP contribution in [0.5, 0.6) is 0 Å². The number of rotatable bonds is 2. The molecule has 0 radical (unpaired) electrons. The number of hydrogen-bond donors (Lipinski definition) is 1. The second-order valence-electron chi connectivity index (χ2n) is 3.83. The van der Waals surface area contributed by atoms with Gasteiger partial charge in [-0.1, -0.05) is 35.9 Å². The zero-order chi connectivity index (χ0) is 13.1. The predicted molar refractivity (Wildman–Crippen MR) is 69.3 cm³/mol. The molecule has 0 fully saturated rings. The minimum absolute atomic E-state index is 0.329. The number of aromatic nitrogens is 1. The Morgan fingerprint density at radius 3 is 2.78 bits per heavy atom. The average molecular weight is 260 g/mol. The zero-order valence-electron chi connectivity index (χ0n) is 9.64. The topological polar surface area (TPSA) is 65.8 Å². The molecule has 1 amide bonds. The van der Waals surface area contributed by atoms with Crippen molar-refractivity contribution in [2.24, 2.45) is 0 Å². The van der Waals surface area contributed by atoms with Crippen LogP contribution < -0.4 is 5.32 Å². The molecule has 1 unspecified atom stereocenters. The van der Waals surface area contributed by atoms with Crippen molar-refractivity contribution in [3.8, 4) is 6.07 Å². The molecule has 0 saturated heterocycles. The van der Waals surface area contributed by atoms with E-state index in [0.717, 1.165) is 10.8 Å². The van der Waals surface area contributed by atoms with E-state index in [2.05, 4.69) is 10.3 Å². The first kappa shape index (κ1) is 12.3. The highest BCUT2D eigenvalue weighted by molar-refractivity contribution is 6.34. The molecule has 0 aliphatic carbocycles. The van der Waals surface area contributed by atoms with Gasteiger partial charge in [-0.25, -0.2) is 4.98 Å². The van der Waals surface area contributed by atoms with E-state index in [1.54, 1.807) is 19.1 Å². The molecule has 0 aliphatic heterocycles. The molecule has 2 aromatic rings. The third kappa shape index (κ3) is 2.27. The molecule has 0 saturated carbocycles. The van der Waals surface area contributed by atoms with Crippen LogP contribution in [0.15, 0.2) is 30.5 Å². The van der Waals surface area contributed by atoms with Crippen LogP contribution in [0.1, 0.15) is 17.3 Å². The lowest BCUT2D eigenvalue weighted by Crippen LogP contribution is -2.31. The fraction of sp³-hybridized carbons (Fsp3) is 0.154. The molecule has 0 aliphatic rings. The number of nitriles is 1. The van der Waals surface area contributed by atoms with Crippen LogP contribution in [-0.4, -0.2) is 16.9 Å². The monoisotopic (exact) mass is 259 g/mol. The smallest absolute Gasteiger partial charge is 0.254 e. The van der Waals surface area contributed by atoms with Crippen molar-refractivity contribution in [3.05, 3.63) is 41.2 Å². The Hall–Kier alpha value is -2.12. The maximum atomic E-state index is 12.0. The molecular weight excluding hydrogens is 250 g/mol. The minimum Gasteiger partial charge on any atom is -0.336 e. The summed E-state index contributed by atoms with van der Waals surface area (Å²) in [6, 6.07) is 8.65. The predicted octanol–water partition coefficient (Wildman–Crippen LogP) is 2.53. The van der Waals surface area contributed by atoms with Crippen LogP contribution in [0.25, 0.3) is 10.8 Å². The van der Waals surface area contributed by atoms with Gasteiger partial charge in [-0.2, -0.15) is 5.26 Å². The van der Waals surface area contributed by atoms with E-state index in [0.29, 0.717) is 10.7 Å². The molecule has 2 rings (SSSR count). The van der Waals surface area contributed by atoms with Crippen molar-refractivity contribution >= 4 is 28.3 Å². The van der Waals surface area contributed by atoms with Crippen LogP contribution in [0.4, 0.5) is 0 Å². The second kappa shape index (κ2) is 5.03. The Morgan fingerprint density at radius 1 is 1.44 bits per heavy atom. The Labute approximate surface area is 109 Å². The number of nitrogens with zero attached hydrogens (tertiary/aromatic N) is 2. The number of benzene rings is 1. The lowest BCUT2D eigenvalue weighted by atomic mass is 10.1. The number of amides is 1. The number of carbonyl (C=O) groups is 1. The van der Waals surface area contributed by atoms with Gasteiger partial charge in [-0.3, -0.25) is 4.79 Å². The van der Waals surface area contributed by atoms with Gasteiger partial charge in [-0.05, 0) is 12.3 Å². The number of fused-ring (bicyclic) bond motifs is 1. The van der Waals surface area contributed by atoms with E-state index in [-0.39, 0.29) is 5.91 Å². The first-order chi connectivity index (χ1) is 8.63. The summed E-state index contributed by atoms with van der Waals surface area (Å²) in [7, 11) is 0. The maximum Gasteiger partial charge on any atom is 0.254 e. The summed E-state index contributed by atoms with van der Waals surface area (Å²) in [5.74, 6) is -0.329. The standard InChI is InChI=1S/C13H10ClN3O/c1-8(6-15)17-13(18)11-7-16-12(14)10-5-3-2-4-9(10)11/h2-5,7-8H,1H3,(H,17,18). The molecule has 5 heteroatoms. The number of hydrogen-bond acceptors (Lipinski definition) is 3. The summed E-state index contributed by atoms with van der Waals surface area (Å²) in [4.78, 5) is 16.0. The average Bonchev–Trinajstić information content (AvgIpc) is 2.39. The molecule has 1 heterocycles. The summed E-state index contributed by atoms with van der Waals surface area (Å²) in [6.07, 6.45) is 1.42. The van der Waals surface area contributed by atoms with Crippen molar-refractivity contribution < 1.29 is 4.79 Å². The normalized spacial score (nSPS) is 11.8. The lowest BCUT2D eigenvalue weighted by molar-refractivity contribution is 0.0949. The minimum atomic E-state index is -0.549. The molecule has 90 valence electrons. The van der Waals surface area contributed by atoms with Crippen LogP contribution >= 0.6 is 11.6 Å². The molecule has 1 aromatic heterocycles.